The molecule has 140 valence electrons. The second kappa shape index (κ2) is 7.53. The second-order valence-electron chi connectivity index (χ2n) is 7.70. The first-order valence-corrected chi connectivity index (χ1v) is 9.79. The van der Waals surface area contributed by atoms with Crippen LogP contribution < -0.4 is 5.32 Å². The number of aromatic amines is 1. The van der Waals surface area contributed by atoms with E-state index in [-0.39, 0.29) is 10.6 Å². The van der Waals surface area contributed by atoms with Crippen molar-refractivity contribution in [2.24, 2.45) is 0 Å². The van der Waals surface area contributed by atoms with Gasteiger partial charge in [0.15, 0.2) is 0 Å². The molecule has 1 aliphatic carbocycles. The molecule has 1 aliphatic rings. The molecule has 0 aliphatic heterocycles. The van der Waals surface area contributed by atoms with E-state index < -0.39 is 0 Å². The molecule has 27 heavy (non-hydrogen) atoms. The van der Waals surface area contributed by atoms with Gasteiger partial charge in [-0.3, -0.25) is 10.1 Å². The van der Waals surface area contributed by atoms with Gasteiger partial charge >= 0.3 is 0 Å². The van der Waals surface area contributed by atoms with Gasteiger partial charge in [-0.1, -0.05) is 30.3 Å². The van der Waals surface area contributed by atoms with Crippen molar-refractivity contribution in [3.05, 3.63) is 75.5 Å². The van der Waals surface area contributed by atoms with Gasteiger partial charge in [0.1, 0.15) is 6.04 Å². The van der Waals surface area contributed by atoms with E-state index in [2.05, 4.69) is 47.6 Å². The Balaban J connectivity index is 1.51. The van der Waals surface area contributed by atoms with Crippen molar-refractivity contribution in [3.63, 3.8) is 0 Å². The van der Waals surface area contributed by atoms with Gasteiger partial charge in [0, 0.05) is 35.9 Å². The highest BCUT2D eigenvalue weighted by atomic mass is 16.6. The van der Waals surface area contributed by atoms with Crippen molar-refractivity contribution in [3.8, 4) is 0 Å². The lowest BCUT2D eigenvalue weighted by molar-refractivity contribution is -0.727. The molecule has 0 radical (unpaired) electrons. The molecule has 1 heterocycles. The highest BCUT2D eigenvalue weighted by molar-refractivity contribution is 5.87. The Bertz CT molecular complexity index is 949. The fraction of sp³-hybridized carbons (Fsp3) is 0.364. The minimum atomic E-state index is -0.309. The van der Waals surface area contributed by atoms with Crippen LogP contribution in [0.2, 0.25) is 0 Å². The molecule has 4 rings (SSSR count). The van der Waals surface area contributed by atoms with Crippen LogP contribution in [0.25, 0.3) is 10.9 Å². The minimum absolute atomic E-state index is 0.173. The number of quaternary nitrogens is 1. The van der Waals surface area contributed by atoms with Crippen LogP contribution in [-0.4, -0.2) is 15.9 Å². The molecule has 5 nitrogen and oxygen atoms in total. The van der Waals surface area contributed by atoms with Crippen LogP contribution in [0, 0.1) is 10.1 Å². The summed E-state index contributed by atoms with van der Waals surface area (Å²) in [5.41, 5.74) is 5.12. The number of aromatic nitrogens is 1. The molecule has 0 spiro atoms. The van der Waals surface area contributed by atoms with E-state index >= 15 is 0 Å². The molecule has 1 aromatic heterocycles. The molecular weight excluding hydrogens is 338 g/mol. The van der Waals surface area contributed by atoms with Gasteiger partial charge in [0.2, 0.25) is 0 Å². The molecule has 2 atom stereocenters. The Labute approximate surface area is 158 Å². The third-order valence-electron chi connectivity index (χ3n) is 5.74. The number of hydrogen-bond acceptors (Lipinski definition) is 2. The van der Waals surface area contributed by atoms with Gasteiger partial charge in [-0.25, -0.2) is 0 Å². The van der Waals surface area contributed by atoms with E-state index in [9.17, 15) is 10.1 Å². The maximum absolute atomic E-state index is 11.1. The van der Waals surface area contributed by atoms with Crippen molar-refractivity contribution < 1.29 is 10.2 Å². The number of hydrogen-bond donors (Lipinski definition) is 2. The molecular formula is C22H26N3O2+. The van der Waals surface area contributed by atoms with E-state index in [4.69, 9.17) is 0 Å². The lowest BCUT2D eigenvalue weighted by atomic mass is 9.91. The lowest BCUT2D eigenvalue weighted by Gasteiger charge is -2.24. The van der Waals surface area contributed by atoms with Crippen LogP contribution >= 0.6 is 0 Å². The number of fused-ring (bicyclic) bond motifs is 3. The van der Waals surface area contributed by atoms with Gasteiger partial charge in [0.25, 0.3) is 5.69 Å². The predicted molar refractivity (Wildman–Crippen MR) is 107 cm³/mol. The number of rotatable bonds is 6. The molecule has 3 aromatic rings. The van der Waals surface area contributed by atoms with Crippen LogP contribution in [0.5, 0.6) is 0 Å². The molecule has 5 heteroatoms. The summed E-state index contributed by atoms with van der Waals surface area (Å²) in [6.07, 6.45) is 5.52. The average Bonchev–Trinajstić information content (AvgIpc) is 3.06. The van der Waals surface area contributed by atoms with Gasteiger partial charge in [-0.2, -0.15) is 0 Å². The van der Waals surface area contributed by atoms with Gasteiger partial charge in [-0.05, 0) is 43.4 Å². The van der Waals surface area contributed by atoms with Crippen LogP contribution in [0.1, 0.15) is 49.0 Å². The smallest absolute Gasteiger partial charge is 0.270 e. The Hall–Kier alpha value is -2.66. The molecule has 2 aromatic carbocycles. The largest absolute Gasteiger partial charge is 0.353 e. The van der Waals surface area contributed by atoms with E-state index in [0.717, 1.165) is 43.0 Å². The highest BCUT2D eigenvalue weighted by Gasteiger charge is 2.28. The van der Waals surface area contributed by atoms with E-state index in [1.165, 1.54) is 16.8 Å². The first-order chi connectivity index (χ1) is 13.1. The normalized spacial score (nSPS) is 17.6. The third kappa shape index (κ3) is 3.74. The van der Waals surface area contributed by atoms with Gasteiger partial charge in [-0.15, -0.1) is 0 Å². The number of nitrogens with two attached hydrogens (primary N) is 1. The Morgan fingerprint density at radius 3 is 2.85 bits per heavy atom. The van der Waals surface area contributed by atoms with Crippen molar-refractivity contribution >= 4 is 16.6 Å². The van der Waals surface area contributed by atoms with Crippen LogP contribution in [0.3, 0.4) is 0 Å². The molecule has 0 unspecified atom stereocenters. The topological polar surface area (TPSA) is 75.5 Å². The Morgan fingerprint density at radius 1 is 1.26 bits per heavy atom. The number of benzene rings is 2. The third-order valence-corrected chi connectivity index (χ3v) is 5.74. The number of aryl methyl sites for hydroxylation is 2. The first-order valence-electron chi connectivity index (χ1n) is 9.79. The van der Waals surface area contributed by atoms with Crippen LogP contribution in [0.4, 0.5) is 5.69 Å². The fourth-order valence-corrected chi connectivity index (χ4v) is 4.32. The van der Waals surface area contributed by atoms with Crippen LogP contribution in [0.15, 0.2) is 48.5 Å². The van der Waals surface area contributed by atoms with E-state index in [1.807, 2.05) is 6.07 Å². The maximum Gasteiger partial charge on any atom is 0.270 e. The average molecular weight is 364 g/mol. The Morgan fingerprint density at radius 2 is 2.07 bits per heavy atom. The lowest BCUT2D eigenvalue weighted by Crippen LogP contribution is -2.90. The van der Waals surface area contributed by atoms with Gasteiger partial charge in [0.05, 0.1) is 16.7 Å². The number of nitro benzene ring substituents is 1. The van der Waals surface area contributed by atoms with Crippen molar-refractivity contribution in [1.29, 1.82) is 0 Å². The predicted octanol–water partition coefficient (Wildman–Crippen LogP) is 4.04. The number of nitrogens with one attached hydrogen (secondary N) is 1. The summed E-state index contributed by atoms with van der Waals surface area (Å²) in [6.45, 7) is 2.30. The quantitative estimate of drug-likeness (QED) is 0.512. The molecule has 0 bridgehead atoms. The fourth-order valence-electron chi connectivity index (χ4n) is 4.32. The molecule has 0 fully saturated rings. The highest BCUT2D eigenvalue weighted by Crippen LogP contribution is 2.34. The zero-order valence-corrected chi connectivity index (χ0v) is 15.7. The summed E-state index contributed by atoms with van der Waals surface area (Å²) in [5, 5.41) is 14.6. The van der Waals surface area contributed by atoms with Crippen molar-refractivity contribution in [1.82, 2.24) is 4.98 Å². The van der Waals surface area contributed by atoms with Crippen molar-refractivity contribution in [2.45, 2.75) is 51.1 Å². The summed E-state index contributed by atoms with van der Waals surface area (Å²) in [4.78, 5) is 14.4. The number of nitro groups is 1. The van der Waals surface area contributed by atoms with Crippen molar-refractivity contribution in [2.75, 3.05) is 0 Å². The number of non-ortho nitro benzene ring substituents is 1. The Kier molecular flexibility index (Phi) is 4.94. The van der Waals surface area contributed by atoms with E-state index in [0.29, 0.717) is 12.1 Å². The summed E-state index contributed by atoms with van der Waals surface area (Å²) < 4.78 is 0. The number of nitrogens with zero attached hydrogens (tertiary/aromatic N) is 1. The molecule has 0 amide bonds. The minimum Gasteiger partial charge on any atom is -0.353 e. The summed E-state index contributed by atoms with van der Waals surface area (Å²) in [7, 11) is 0. The molecule has 0 saturated carbocycles. The standard InChI is InChI=1S/C22H25N3O2/c1-15(10-11-16-6-3-2-4-7-16)23-21-9-5-8-18-19-14-17(25(26)27)12-13-20(19)24-22(18)21/h2-4,6-7,12-15,21,23-24H,5,8-11H2,1H3/p+1/t15-,21+/m1/s1. The first kappa shape index (κ1) is 17.7. The SMILES string of the molecule is C[C@H](CCc1ccccc1)[NH2+][C@H]1CCCc2c1[nH]c1ccc([N+](=O)[O-])cc21. The molecule has 3 N–H and O–H groups in total. The number of H-pyrrole nitrogens is 1. The summed E-state index contributed by atoms with van der Waals surface area (Å²) in [6, 6.07) is 16.7. The molecule has 0 saturated heterocycles. The van der Waals surface area contributed by atoms with Crippen LogP contribution in [-0.2, 0) is 12.8 Å². The maximum atomic E-state index is 11.1. The zero-order valence-electron chi connectivity index (χ0n) is 15.7. The zero-order chi connectivity index (χ0) is 18.8. The second-order valence-corrected chi connectivity index (χ2v) is 7.70. The van der Waals surface area contributed by atoms with E-state index in [1.54, 1.807) is 12.1 Å². The monoisotopic (exact) mass is 364 g/mol. The summed E-state index contributed by atoms with van der Waals surface area (Å²) >= 11 is 0. The summed E-state index contributed by atoms with van der Waals surface area (Å²) in [5.74, 6) is 0. The van der Waals surface area contributed by atoms with Gasteiger partial charge < -0.3 is 10.3 Å².